The summed E-state index contributed by atoms with van der Waals surface area (Å²) in [6.45, 7) is 4.79. The second kappa shape index (κ2) is 8.02. The van der Waals surface area contributed by atoms with Gasteiger partial charge in [-0.05, 0) is 23.8 Å². The largest absolute Gasteiger partial charge is 0.473 e. The molecule has 2 aromatic rings. The minimum absolute atomic E-state index is 0.0194. The molecule has 156 valence electrons. The van der Waals surface area contributed by atoms with E-state index in [0.29, 0.717) is 25.4 Å². The van der Waals surface area contributed by atoms with Crippen molar-refractivity contribution in [1.82, 2.24) is 14.9 Å². The number of likely N-dealkylation sites (tertiary alicyclic amines) is 1. The Bertz CT molecular complexity index is 1120. The molecule has 0 radical (unpaired) electrons. The Morgan fingerprint density at radius 3 is 2.57 bits per heavy atom. The van der Waals surface area contributed by atoms with Crippen molar-refractivity contribution in [3.8, 4) is 5.88 Å². The number of aromatic nitrogens is 2. The predicted octanol–water partition coefficient (Wildman–Crippen LogP) is 2.42. The number of benzene rings is 1. The lowest BCUT2D eigenvalue weighted by Crippen LogP contribution is -2.41. The lowest BCUT2D eigenvalue weighted by molar-refractivity contribution is -0.127. The average Bonchev–Trinajstić information content (AvgIpc) is 3.16. The molecule has 4 rings (SSSR count). The SMILES string of the molecule is C=CC(=O)N1CCC(Oc2cnc3c(n2)C(c2ccc(S(C)(=O)=O)cc2)=CC3)CC1. The standard InChI is InChI=1S/C22H23N3O4S/c1-3-21(26)25-12-10-16(11-13-25)29-20-14-23-19-9-8-18(22(19)24-20)15-4-6-17(7-5-15)30(2,27)28/h3-8,14,16H,1,9-13H2,2H3. The number of ether oxygens (including phenoxy) is 1. The number of allylic oxidation sites excluding steroid dienone is 1. The first-order valence-electron chi connectivity index (χ1n) is 9.80. The fourth-order valence-electron chi connectivity index (χ4n) is 3.75. The van der Waals surface area contributed by atoms with Gasteiger partial charge in [0.25, 0.3) is 0 Å². The molecule has 1 saturated heterocycles. The molecule has 30 heavy (non-hydrogen) atoms. The van der Waals surface area contributed by atoms with Gasteiger partial charge in [-0.3, -0.25) is 9.78 Å². The average molecular weight is 426 g/mol. The molecule has 2 heterocycles. The summed E-state index contributed by atoms with van der Waals surface area (Å²) in [4.78, 5) is 22.9. The van der Waals surface area contributed by atoms with Gasteiger partial charge >= 0.3 is 0 Å². The molecular weight excluding hydrogens is 402 g/mol. The maximum Gasteiger partial charge on any atom is 0.245 e. The van der Waals surface area contributed by atoms with Crippen molar-refractivity contribution in [3.05, 3.63) is 66.1 Å². The summed E-state index contributed by atoms with van der Waals surface area (Å²) in [6, 6.07) is 6.79. The summed E-state index contributed by atoms with van der Waals surface area (Å²) in [6.07, 6.45) is 8.33. The van der Waals surface area contributed by atoms with Crippen LogP contribution in [0.2, 0.25) is 0 Å². The van der Waals surface area contributed by atoms with Gasteiger partial charge in [0.15, 0.2) is 9.84 Å². The highest BCUT2D eigenvalue weighted by atomic mass is 32.2. The number of hydrogen-bond donors (Lipinski definition) is 0. The summed E-state index contributed by atoms with van der Waals surface area (Å²) in [5.74, 6) is 0.408. The Hall–Kier alpha value is -3.00. The molecule has 0 bridgehead atoms. The molecule has 1 aromatic heterocycles. The van der Waals surface area contributed by atoms with Crippen molar-refractivity contribution >= 4 is 21.3 Å². The van der Waals surface area contributed by atoms with E-state index < -0.39 is 9.84 Å². The predicted molar refractivity (Wildman–Crippen MR) is 113 cm³/mol. The molecule has 7 nitrogen and oxygen atoms in total. The van der Waals surface area contributed by atoms with Crippen LogP contribution in [0.15, 0.2) is 54.1 Å². The van der Waals surface area contributed by atoms with Gasteiger partial charge in [0.1, 0.15) is 6.10 Å². The lowest BCUT2D eigenvalue weighted by atomic mass is 10.1. The van der Waals surface area contributed by atoms with Crippen LogP contribution >= 0.6 is 0 Å². The molecule has 1 aliphatic heterocycles. The molecule has 0 saturated carbocycles. The Balaban J connectivity index is 1.48. The van der Waals surface area contributed by atoms with E-state index in [4.69, 9.17) is 4.74 Å². The molecule has 1 amide bonds. The van der Waals surface area contributed by atoms with Crippen LogP contribution in [-0.2, 0) is 21.1 Å². The molecule has 0 spiro atoms. The van der Waals surface area contributed by atoms with Crippen LogP contribution in [0.5, 0.6) is 5.88 Å². The Kier molecular flexibility index (Phi) is 5.42. The third-order valence-corrected chi connectivity index (χ3v) is 6.52. The number of amides is 1. The van der Waals surface area contributed by atoms with Gasteiger partial charge in [-0.25, -0.2) is 13.4 Å². The minimum Gasteiger partial charge on any atom is -0.473 e. The second-order valence-corrected chi connectivity index (χ2v) is 9.48. The van der Waals surface area contributed by atoms with Crippen molar-refractivity contribution in [1.29, 1.82) is 0 Å². The third kappa shape index (κ3) is 4.14. The molecular formula is C22H23N3O4S. The van der Waals surface area contributed by atoms with Crippen molar-refractivity contribution in [3.63, 3.8) is 0 Å². The van der Waals surface area contributed by atoms with Crippen LogP contribution < -0.4 is 4.74 Å². The number of hydrogen-bond acceptors (Lipinski definition) is 6. The zero-order valence-corrected chi connectivity index (χ0v) is 17.6. The first-order valence-corrected chi connectivity index (χ1v) is 11.7. The van der Waals surface area contributed by atoms with E-state index in [-0.39, 0.29) is 16.9 Å². The maximum atomic E-state index is 11.7. The quantitative estimate of drug-likeness (QED) is 0.684. The molecule has 2 aliphatic rings. The van der Waals surface area contributed by atoms with Crippen LogP contribution in [0.25, 0.3) is 5.57 Å². The van der Waals surface area contributed by atoms with E-state index >= 15 is 0 Å². The topological polar surface area (TPSA) is 89.5 Å². The van der Waals surface area contributed by atoms with E-state index in [0.717, 1.165) is 35.4 Å². The summed E-state index contributed by atoms with van der Waals surface area (Å²) in [7, 11) is -3.24. The molecule has 1 fully saturated rings. The van der Waals surface area contributed by atoms with Gasteiger partial charge in [-0.2, -0.15) is 0 Å². The third-order valence-electron chi connectivity index (χ3n) is 5.39. The van der Waals surface area contributed by atoms with Crippen LogP contribution in [0.1, 0.15) is 29.8 Å². The Morgan fingerprint density at radius 2 is 1.93 bits per heavy atom. The summed E-state index contributed by atoms with van der Waals surface area (Å²) >= 11 is 0. The molecule has 0 unspecified atom stereocenters. The minimum atomic E-state index is -3.24. The number of nitrogens with zero attached hydrogens (tertiary/aromatic N) is 3. The van der Waals surface area contributed by atoms with E-state index in [1.54, 1.807) is 35.4 Å². The smallest absolute Gasteiger partial charge is 0.245 e. The van der Waals surface area contributed by atoms with Gasteiger partial charge in [0, 0.05) is 44.2 Å². The van der Waals surface area contributed by atoms with Crippen molar-refractivity contribution in [2.45, 2.75) is 30.3 Å². The Morgan fingerprint density at radius 1 is 1.23 bits per heavy atom. The van der Waals surface area contributed by atoms with Crippen LogP contribution in [0.4, 0.5) is 0 Å². The van der Waals surface area contributed by atoms with Gasteiger partial charge in [-0.15, -0.1) is 0 Å². The Labute approximate surface area is 176 Å². The fraction of sp³-hybridized carbons (Fsp3) is 0.318. The maximum absolute atomic E-state index is 11.7. The van der Waals surface area contributed by atoms with E-state index in [1.165, 1.54) is 12.3 Å². The number of rotatable bonds is 5. The molecule has 1 aliphatic carbocycles. The number of piperidine rings is 1. The molecule has 1 aromatic carbocycles. The number of fused-ring (bicyclic) bond motifs is 1. The lowest BCUT2D eigenvalue weighted by Gasteiger charge is -2.31. The van der Waals surface area contributed by atoms with Gasteiger partial charge in [0.2, 0.25) is 11.8 Å². The summed E-state index contributed by atoms with van der Waals surface area (Å²) in [5.41, 5.74) is 3.45. The van der Waals surface area contributed by atoms with E-state index in [9.17, 15) is 13.2 Å². The number of carbonyl (C=O) groups excluding carboxylic acids is 1. The molecule has 0 N–H and O–H groups in total. The van der Waals surface area contributed by atoms with Gasteiger partial charge in [0.05, 0.1) is 22.5 Å². The molecule has 8 heteroatoms. The monoisotopic (exact) mass is 425 g/mol. The zero-order chi connectivity index (χ0) is 21.3. The van der Waals surface area contributed by atoms with Crippen LogP contribution in [0, 0.1) is 0 Å². The zero-order valence-electron chi connectivity index (χ0n) is 16.7. The van der Waals surface area contributed by atoms with Gasteiger partial charge in [-0.1, -0.05) is 24.8 Å². The van der Waals surface area contributed by atoms with Crippen LogP contribution in [-0.4, -0.2) is 54.6 Å². The van der Waals surface area contributed by atoms with Crippen molar-refractivity contribution in [2.75, 3.05) is 19.3 Å². The summed E-state index contributed by atoms with van der Waals surface area (Å²) < 4.78 is 29.4. The second-order valence-electron chi connectivity index (χ2n) is 7.47. The fourth-order valence-corrected chi connectivity index (χ4v) is 4.38. The first-order chi connectivity index (χ1) is 14.3. The highest BCUT2D eigenvalue weighted by molar-refractivity contribution is 7.90. The van der Waals surface area contributed by atoms with Crippen LogP contribution in [0.3, 0.4) is 0 Å². The van der Waals surface area contributed by atoms with E-state index in [2.05, 4.69) is 16.5 Å². The molecule has 0 atom stereocenters. The van der Waals surface area contributed by atoms with E-state index in [1.807, 2.05) is 6.08 Å². The van der Waals surface area contributed by atoms with Crippen molar-refractivity contribution < 1.29 is 17.9 Å². The number of sulfone groups is 1. The normalized spacial score (nSPS) is 16.7. The highest BCUT2D eigenvalue weighted by Gasteiger charge is 2.25. The van der Waals surface area contributed by atoms with Gasteiger partial charge < -0.3 is 9.64 Å². The highest BCUT2D eigenvalue weighted by Crippen LogP contribution is 2.32. The van der Waals surface area contributed by atoms with Crippen molar-refractivity contribution in [2.24, 2.45) is 0 Å². The number of carbonyl (C=O) groups is 1. The first kappa shape index (κ1) is 20.3. The summed E-state index contributed by atoms with van der Waals surface area (Å²) in [5, 5.41) is 0.